The second kappa shape index (κ2) is 5.97. The van der Waals surface area contributed by atoms with Crippen LogP contribution in [0.1, 0.15) is 39.0 Å². The summed E-state index contributed by atoms with van der Waals surface area (Å²) in [4.78, 5) is 11.6. The Hall–Kier alpha value is -0.630. The maximum Gasteiger partial charge on any atom is 0.137 e. The summed E-state index contributed by atoms with van der Waals surface area (Å²) in [6.45, 7) is 8.06. The molecule has 0 aliphatic carbocycles. The lowest BCUT2D eigenvalue weighted by atomic mass is 9.92. The summed E-state index contributed by atoms with van der Waals surface area (Å²) in [6, 6.07) is 0. The quantitative estimate of drug-likeness (QED) is 0.682. The van der Waals surface area contributed by atoms with Gasteiger partial charge in [-0.1, -0.05) is 19.1 Å². The Morgan fingerprint density at radius 3 is 2.93 bits per heavy atom. The van der Waals surface area contributed by atoms with Gasteiger partial charge in [0.05, 0.1) is 0 Å². The molecule has 1 heterocycles. The molecule has 1 aliphatic rings. The Morgan fingerprint density at radius 2 is 2.36 bits per heavy atom. The van der Waals surface area contributed by atoms with Crippen molar-refractivity contribution in [3.63, 3.8) is 0 Å². The minimum Gasteiger partial charge on any atom is -0.316 e. The van der Waals surface area contributed by atoms with E-state index < -0.39 is 0 Å². The molecule has 1 aliphatic heterocycles. The molecule has 0 saturated carbocycles. The molecule has 2 heteroatoms. The number of carbonyl (C=O) groups excluding carboxylic acids is 1. The minimum absolute atomic E-state index is 0.366. The molecule has 14 heavy (non-hydrogen) atoms. The van der Waals surface area contributed by atoms with Crippen LogP contribution in [0.15, 0.2) is 12.2 Å². The molecule has 1 N–H and O–H groups in total. The summed E-state index contributed by atoms with van der Waals surface area (Å²) >= 11 is 0. The first-order valence-corrected chi connectivity index (χ1v) is 5.61. The van der Waals surface area contributed by atoms with E-state index in [9.17, 15) is 4.79 Å². The van der Waals surface area contributed by atoms with Crippen molar-refractivity contribution < 1.29 is 4.79 Å². The Labute approximate surface area is 86.8 Å². The van der Waals surface area contributed by atoms with Crippen molar-refractivity contribution in [3.8, 4) is 0 Å². The maximum absolute atomic E-state index is 11.6. The Kier molecular flexibility index (Phi) is 4.88. The monoisotopic (exact) mass is 195 g/mol. The molecular formula is C12H21NO. The van der Waals surface area contributed by atoms with E-state index in [1.165, 1.54) is 12.8 Å². The van der Waals surface area contributed by atoms with E-state index in [1.54, 1.807) is 0 Å². The van der Waals surface area contributed by atoms with Gasteiger partial charge in [0.25, 0.3) is 0 Å². The maximum atomic E-state index is 11.6. The Balaban J connectivity index is 2.21. The van der Waals surface area contributed by atoms with Gasteiger partial charge in [0.15, 0.2) is 0 Å². The number of allylic oxidation sites excluding steroid dienone is 1. The van der Waals surface area contributed by atoms with Crippen molar-refractivity contribution in [1.82, 2.24) is 5.32 Å². The lowest BCUT2D eigenvalue weighted by Gasteiger charge is -2.21. The van der Waals surface area contributed by atoms with E-state index in [0.717, 1.165) is 31.5 Å². The van der Waals surface area contributed by atoms with E-state index in [0.29, 0.717) is 18.1 Å². The molecule has 80 valence electrons. The van der Waals surface area contributed by atoms with Crippen molar-refractivity contribution in [2.45, 2.75) is 39.0 Å². The van der Waals surface area contributed by atoms with Crippen molar-refractivity contribution in [2.75, 3.05) is 13.1 Å². The van der Waals surface area contributed by atoms with E-state index in [-0.39, 0.29) is 0 Å². The average Bonchev–Trinajstić information content (AvgIpc) is 2.19. The largest absolute Gasteiger partial charge is 0.316 e. The van der Waals surface area contributed by atoms with Crippen LogP contribution in [0.2, 0.25) is 0 Å². The lowest BCUT2D eigenvalue weighted by molar-refractivity contribution is -0.119. The third-order valence-corrected chi connectivity index (χ3v) is 2.86. The molecule has 0 radical (unpaired) electrons. The van der Waals surface area contributed by atoms with E-state index in [4.69, 9.17) is 0 Å². The van der Waals surface area contributed by atoms with Crippen LogP contribution in [0, 0.1) is 5.92 Å². The summed E-state index contributed by atoms with van der Waals surface area (Å²) < 4.78 is 0. The highest BCUT2D eigenvalue weighted by Gasteiger charge is 2.16. The van der Waals surface area contributed by atoms with Gasteiger partial charge in [0.1, 0.15) is 5.78 Å². The molecule has 0 amide bonds. The normalized spacial score (nSPS) is 21.9. The van der Waals surface area contributed by atoms with Gasteiger partial charge in [0.2, 0.25) is 0 Å². The van der Waals surface area contributed by atoms with Gasteiger partial charge in [-0.2, -0.15) is 0 Å². The highest BCUT2D eigenvalue weighted by Crippen LogP contribution is 2.16. The number of hydrogen-bond donors (Lipinski definition) is 1. The molecule has 1 saturated heterocycles. The standard InChI is InChI=1S/C12H21NO/c1-3-10(2)7-12(14)8-11-5-4-6-13-9-11/h11,13H,2-9H2,1H3. The topological polar surface area (TPSA) is 29.1 Å². The molecule has 1 atom stereocenters. The molecule has 0 spiro atoms. The summed E-state index contributed by atoms with van der Waals surface area (Å²) in [7, 11) is 0. The number of nitrogens with one attached hydrogen (secondary N) is 1. The summed E-state index contributed by atoms with van der Waals surface area (Å²) in [5.74, 6) is 0.937. The van der Waals surface area contributed by atoms with Crippen molar-refractivity contribution in [1.29, 1.82) is 0 Å². The first-order valence-electron chi connectivity index (χ1n) is 5.61. The fourth-order valence-corrected chi connectivity index (χ4v) is 1.90. The minimum atomic E-state index is 0.366. The Bertz CT molecular complexity index is 204. The third kappa shape index (κ3) is 4.05. The Morgan fingerprint density at radius 1 is 1.57 bits per heavy atom. The molecule has 0 aromatic rings. The number of hydrogen-bond acceptors (Lipinski definition) is 2. The first-order chi connectivity index (χ1) is 6.72. The zero-order chi connectivity index (χ0) is 10.4. The van der Waals surface area contributed by atoms with E-state index in [1.807, 2.05) is 0 Å². The van der Waals surface area contributed by atoms with Gasteiger partial charge in [-0.3, -0.25) is 4.79 Å². The van der Waals surface area contributed by atoms with Crippen LogP contribution >= 0.6 is 0 Å². The molecule has 0 bridgehead atoms. The smallest absolute Gasteiger partial charge is 0.137 e. The predicted octanol–water partition coefficient (Wildman–Crippen LogP) is 2.30. The second-order valence-corrected chi connectivity index (χ2v) is 4.24. The molecule has 2 nitrogen and oxygen atoms in total. The number of ketones is 1. The zero-order valence-corrected chi connectivity index (χ0v) is 9.14. The summed E-state index contributed by atoms with van der Waals surface area (Å²) in [6.07, 6.45) is 4.68. The highest BCUT2D eigenvalue weighted by molar-refractivity contribution is 5.80. The summed E-state index contributed by atoms with van der Waals surface area (Å²) in [5, 5.41) is 3.33. The highest BCUT2D eigenvalue weighted by atomic mass is 16.1. The van der Waals surface area contributed by atoms with Crippen molar-refractivity contribution in [2.24, 2.45) is 5.92 Å². The van der Waals surface area contributed by atoms with Crippen LogP contribution in [-0.2, 0) is 4.79 Å². The molecule has 1 fully saturated rings. The summed E-state index contributed by atoms with van der Waals surface area (Å²) in [5.41, 5.74) is 1.07. The number of rotatable bonds is 5. The molecule has 0 aromatic heterocycles. The number of Topliss-reactive ketones (excluding diaryl/α,β-unsaturated/α-hetero) is 1. The van der Waals surface area contributed by atoms with Gasteiger partial charge >= 0.3 is 0 Å². The van der Waals surface area contributed by atoms with Crippen LogP contribution in [0.3, 0.4) is 0 Å². The van der Waals surface area contributed by atoms with Crippen LogP contribution in [0.25, 0.3) is 0 Å². The first kappa shape index (κ1) is 11.4. The molecule has 0 aromatic carbocycles. The average molecular weight is 195 g/mol. The van der Waals surface area contributed by atoms with E-state index >= 15 is 0 Å². The van der Waals surface area contributed by atoms with Crippen LogP contribution in [0.4, 0.5) is 0 Å². The van der Waals surface area contributed by atoms with Crippen molar-refractivity contribution in [3.05, 3.63) is 12.2 Å². The number of carbonyl (C=O) groups is 1. The van der Waals surface area contributed by atoms with Crippen LogP contribution in [-0.4, -0.2) is 18.9 Å². The predicted molar refractivity (Wildman–Crippen MR) is 59.3 cm³/mol. The SMILES string of the molecule is C=C(CC)CC(=O)CC1CCCNC1. The third-order valence-electron chi connectivity index (χ3n) is 2.86. The lowest BCUT2D eigenvalue weighted by Crippen LogP contribution is -2.31. The van der Waals surface area contributed by atoms with Gasteiger partial charge in [-0.15, -0.1) is 0 Å². The fourth-order valence-electron chi connectivity index (χ4n) is 1.90. The molecule has 1 rings (SSSR count). The molecule has 1 unspecified atom stereocenters. The molecular weight excluding hydrogens is 174 g/mol. The number of piperidine rings is 1. The van der Waals surface area contributed by atoms with Gasteiger partial charge in [0, 0.05) is 12.8 Å². The van der Waals surface area contributed by atoms with Gasteiger partial charge < -0.3 is 5.32 Å². The second-order valence-electron chi connectivity index (χ2n) is 4.24. The van der Waals surface area contributed by atoms with E-state index in [2.05, 4.69) is 18.8 Å². The fraction of sp³-hybridized carbons (Fsp3) is 0.750. The van der Waals surface area contributed by atoms with Crippen LogP contribution in [0.5, 0.6) is 0 Å². The van der Waals surface area contributed by atoms with Gasteiger partial charge in [-0.05, 0) is 38.3 Å². The van der Waals surface area contributed by atoms with Crippen LogP contribution < -0.4 is 5.32 Å². The van der Waals surface area contributed by atoms with Gasteiger partial charge in [-0.25, -0.2) is 0 Å². The zero-order valence-electron chi connectivity index (χ0n) is 9.14. The van der Waals surface area contributed by atoms with Crippen molar-refractivity contribution >= 4 is 5.78 Å².